The van der Waals surface area contributed by atoms with E-state index in [0.717, 1.165) is 31.7 Å². The molecule has 0 bridgehead atoms. The Bertz CT molecular complexity index is 175. The molecule has 3 nitrogen and oxygen atoms in total. The first-order valence-electron chi connectivity index (χ1n) is 5.40. The van der Waals surface area contributed by atoms with E-state index in [1.807, 2.05) is 0 Å². The molecule has 90 valence electrons. The van der Waals surface area contributed by atoms with E-state index >= 15 is 0 Å². The maximum Gasteiger partial charge on any atom is 0.230 e. The lowest BCUT2D eigenvalue weighted by Crippen LogP contribution is -2.46. The number of carbonyl (C=O) groups excluding carboxylic acids is 1. The van der Waals surface area contributed by atoms with Crippen LogP contribution in [0.4, 0.5) is 0 Å². The topological polar surface area (TPSA) is 41.1 Å². The Morgan fingerprint density at radius 3 is 3.00 bits per heavy atom. The summed E-state index contributed by atoms with van der Waals surface area (Å²) in [5.41, 5.74) is 0. The van der Waals surface area contributed by atoms with Gasteiger partial charge >= 0.3 is 0 Å². The average Bonchev–Trinajstić information content (AvgIpc) is 2.20. The van der Waals surface area contributed by atoms with Crippen molar-refractivity contribution in [2.75, 3.05) is 24.6 Å². The summed E-state index contributed by atoms with van der Waals surface area (Å²) in [4.78, 5) is 11.4. The zero-order valence-electron chi connectivity index (χ0n) is 9.25. The molecule has 1 atom stereocenters. The van der Waals surface area contributed by atoms with Crippen molar-refractivity contribution in [3.63, 3.8) is 0 Å². The Hall–Kier alpha value is 0.0700. The minimum Gasteiger partial charge on any atom is -0.351 e. The first-order valence-corrected chi connectivity index (χ1v) is 6.56. The smallest absolute Gasteiger partial charge is 0.230 e. The van der Waals surface area contributed by atoms with Crippen LogP contribution in [0.1, 0.15) is 26.2 Å². The molecule has 0 aromatic heterocycles. The highest BCUT2D eigenvalue weighted by molar-refractivity contribution is 7.99. The molecular weight excluding hydrogens is 232 g/mol. The van der Waals surface area contributed by atoms with E-state index in [2.05, 4.69) is 17.6 Å². The number of piperidine rings is 1. The van der Waals surface area contributed by atoms with Crippen molar-refractivity contribution in [3.8, 4) is 0 Å². The SMILES string of the molecule is CCCSCC(=O)NC1CCCNC1.Cl. The van der Waals surface area contributed by atoms with Gasteiger partial charge in [0.15, 0.2) is 0 Å². The Morgan fingerprint density at radius 2 is 2.40 bits per heavy atom. The van der Waals surface area contributed by atoms with E-state index in [-0.39, 0.29) is 18.3 Å². The van der Waals surface area contributed by atoms with Crippen molar-refractivity contribution in [1.29, 1.82) is 0 Å². The van der Waals surface area contributed by atoms with Crippen LogP contribution in [0.3, 0.4) is 0 Å². The van der Waals surface area contributed by atoms with Crippen LogP contribution in [0.2, 0.25) is 0 Å². The molecule has 1 rings (SSSR count). The summed E-state index contributed by atoms with van der Waals surface area (Å²) < 4.78 is 0. The predicted octanol–water partition coefficient (Wildman–Crippen LogP) is 1.42. The number of rotatable bonds is 5. The summed E-state index contributed by atoms with van der Waals surface area (Å²) in [6, 6.07) is 0.360. The first-order chi connectivity index (χ1) is 6.83. The summed E-state index contributed by atoms with van der Waals surface area (Å²) in [7, 11) is 0. The number of nitrogens with one attached hydrogen (secondary N) is 2. The summed E-state index contributed by atoms with van der Waals surface area (Å²) in [6.07, 6.45) is 3.44. The van der Waals surface area contributed by atoms with Crippen molar-refractivity contribution in [2.24, 2.45) is 0 Å². The normalized spacial score (nSPS) is 20.5. The summed E-state index contributed by atoms with van der Waals surface area (Å²) >= 11 is 1.72. The second-order valence-electron chi connectivity index (χ2n) is 3.66. The standard InChI is InChI=1S/C10H20N2OS.ClH/c1-2-6-14-8-10(13)12-9-4-3-5-11-7-9;/h9,11H,2-8H2,1H3,(H,12,13);1H. The molecule has 1 aliphatic rings. The van der Waals surface area contributed by atoms with Crippen molar-refractivity contribution in [2.45, 2.75) is 32.2 Å². The van der Waals surface area contributed by atoms with E-state index < -0.39 is 0 Å². The third kappa shape index (κ3) is 7.03. The van der Waals surface area contributed by atoms with Crippen LogP contribution >= 0.6 is 24.2 Å². The lowest BCUT2D eigenvalue weighted by Gasteiger charge is -2.23. The zero-order chi connectivity index (χ0) is 10.2. The highest BCUT2D eigenvalue weighted by Crippen LogP contribution is 2.04. The van der Waals surface area contributed by atoms with Gasteiger partial charge in [-0.15, -0.1) is 12.4 Å². The van der Waals surface area contributed by atoms with Gasteiger partial charge in [0.1, 0.15) is 0 Å². The maximum atomic E-state index is 11.4. The number of thioether (sulfide) groups is 1. The number of hydrogen-bond acceptors (Lipinski definition) is 3. The molecule has 0 radical (unpaired) electrons. The van der Waals surface area contributed by atoms with Gasteiger partial charge in [0.25, 0.3) is 0 Å². The van der Waals surface area contributed by atoms with Gasteiger partial charge < -0.3 is 10.6 Å². The number of halogens is 1. The second-order valence-corrected chi connectivity index (χ2v) is 4.77. The van der Waals surface area contributed by atoms with Crippen LogP contribution in [0.25, 0.3) is 0 Å². The number of carbonyl (C=O) groups is 1. The van der Waals surface area contributed by atoms with Crippen molar-refractivity contribution < 1.29 is 4.79 Å². The van der Waals surface area contributed by atoms with E-state index in [1.54, 1.807) is 11.8 Å². The minimum absolute atomic E-state index is 0. The van der Waals surface area contributed by atoms with Gasteiger partial charge in [-0.1, -0.05) is 6.92 Å². The lowest BCUT2D eigenvalue weighted by atomic mass is 10.1. The van der Waals surface area contributed by atoms with Gasteiger partial charge in [0.05, 0.1) is 5.75 Å². The number of hydrogen-bond donors (Lipinski definition) is 2. The number of amides is 1. The van der Waals surface area contributed by atoms with Crippen LogP contribution in [-0.2, 0) is 4.79 Å². The quantitative estimate of drug-likeness (QED) is 0.728. The summed E-state index contributed by atoms with van der Waals surface area (Å²) in [5.74, 6) is 1.89. The Kier molecular flexibility index (Phi) is 9.35. The summed E-state index contributed by atoms with van der Waals surface area (Å²) in [6.45, 7) is 4.16. The fourth-order valence-electron chi connectivity index (χ4n) is 1.55. The van der Waals surface area contributed by atoms with Gasteiger partial charge in [-0.05, 0) is 31.6 Å². The van der Waals surface area contributed by atoms with Crippen molar-refractivity contribution in [1.82, 2.24) is 10.6 Å². The molecule has 1 unspecified atom stereocenters. The average molecular weight is 253 g/mol. The molecule has 1 heterocycles. The molecule has 2 N–H and O–H groups in total. The lowest BCUT2D eigenvalue weighted by molar-refractivity contribution is -0.119. The van der Waals surface area contributed by atoms with Gasteiger partial charge in [-0.2, -0.15) is 11.8 Å². The molecule has 1 amide bonds. The Labute approximate surface area is 103 Å². The van der Waals surface area contributed by atoms with E-state index in [4.69, 9.17) is 0 Å². The molecule has 1 fully saturated rings. The molecule has 0 aromatic carbocycles. The largest absolute Gasteiger partial charge is 0.351 e. The minimum atomic E-state index is 0. The van der Waals surface area contributed by atoms with Gasteiger partial charge in [0.2, 0.25) is 5.91 Å². The molecule has 0 saturated carbocycles. The fourth-order valence-corrected chi connectivity index (χ4v) is 2.26. The van der Waals surface area contributed by atoms with Crippen LogP contribution in [0, 0.1) is 0 Å². The van der Waals surface area contributed by atoms with Crippen LogP contribution < -0.4 is 10.6 Å². The Morgan fingerprint density at radius 1 is 1.60 bits per heavy atom. The molecule has 0 aromatic rings. The molecular formula is C10H21ClN2OS. The molecule has 0 aliphatic carbocycles. The predicted molar refractivity (Wildman–Crippen MR) is 68.9 cm³/mol. The highest BCUT2D eigenvalue weighted by Gasteiger charge is 2.14. The maximum absolute atomic E-state index is 11.4. The van der Waals surface area contributed by atoms with Gasteiger partial charge in [-0.3, -0.25) is 4.79 Å². The molecule has 5 heteroatoms. The molecule has 0 spiro atoms. The third-order valence-electron chi connectivity index (χ3n) is 2.24. The van der Waals surface area contributed by atoms with Crippen LogP contribution in [0.15, 0.2) is 0 Å². The van der Waals surface area contributed by atoms with Crippen LogP contribution in [-0.4, -0.2) is 36.5 Å². The van der Waals surface area contributed by atoms with Gasteiger partial charge in [-0.25, -0.2) is 0 Å². The monoisotopic (exact) mass is 252 g/mol. The molecule has 15 heavy (non-hydrogen) atoms. The van der Waals surface area contributed by atoms with E-state index in [0.29, 0.717) is 11.8 Å². The van der Waals surface area contributed by atoms with Gasteiger partial charge in [0, 0.05) is 12.6 Å². The van der Waals surface area contributed by atoms with Crippen molar-refractivity contribution >= 4 is 30.1 Å². The van der Waals surface area contributed by atoms with E-state index in [1.165, 1.54) is 6.42 Å². The highest BCUT2D eigenvalue weighted by atomic mass is 35.5. The third-order valence-corrected chi connectivity index (χ3v) is 3.41. The van der Waals surface area contributed by atoms with E-state index in [9.17, 15) is 4.79 Å². The second kappa shape index (κ2) is 9.31. The Balaban J connectivity index is 0.00000196. The molecule has 1 aliphatic heterocycles. The summed E-state index contributed by atoms with van der Waals surface area (Å²) in [5, 5.41) is 6.34. The fraction of sp³-hybridized carbons (Fsp3) is 0.900. The van der Waals surface area contributed by atoms with Crippen molar-refractivity contribution in [3.05, 3.63) is 0 Å². The molecule has 1 saturated heterocycles. The zero-order valence-corrected chi connectivity index (χ0v) is 10.9. The van der Waals surface area contributed by atoms with Crippen LogP contribution in [0.5, 0.6) is 0 Å². The first kappa shape index (κ1) is 15.1.